The maximum absolute atomic E-state index is 12.0. The van der Waals surface area contributed by atoms with Gasteiger partial charge in [-0.25, -0.2) is 0 Å². The van der Waals surface area contributed by atoms with Crippen LogP contribution >= 0.6 is 0 Å². The largest absolute Gasteiger partial charge is 0.378 e. The molecule has 0 aliphatic carbocycles. The summed E-state index contributed by atoms with van der Waals surface area (Å²) in [5.41, 5.74) is 6.22. The molecule has 0 radical (unpaired) electrons. The SMILES string of the molecule is CCc1cc(-c2cc(C)c(N3CCOCC3)c(C#N)c2)c(C)[nH]c1=O. The minimum absolute atomic E-state index is 0.0362. The lowest BCUT2D eigenvalue weighted by Crippen LogP contribution is -2.37. The number of hydrogen-bond donors (Lipinski definition) is 1. The normalized spacial score (nSPS) is 14.4. The Labute approximate surface area is 147 Å². The van der Waals surface area contributed by atoms with Gasteiger partial charge in [-0.05, 0) is 49.6 Å². The Balaban J connectivity index is 2.12. The Morgan fingerprint density at radius 2 is 1.96 bits per heavy atom. The number of nitrogens with zero attached hydrogens (tertiary/aromatic N) is 2. The van der Waals surface area contributed by atoms with Crippen molar-refractivity contribution in [1.29, 1.82) is 5.26 Å². The minimum Gasteiger partial charge on any atom is -0.378 e. The van der Waals surface area contributed by atoms with Crippen molar-refractivity contribution in [2.24, 2.45) is 0 Å². The predicted octanol–water partition coefficient (Wildman–Crippen LogP) is 2.93. The summed E-state index contributed by atoms with van der Waals surface area (Å²) in [6.45, 7) is 8.87. The highest BCUT2D eigenvalue weighted by Crippen LogP contribution is 2.32. The third-order valence-corrected chi connectivity index (χ3v) is 4.76. The van der Waals surface area contributed by atoms with Gasteiger partial charge in [-0.1, -0.05) is 6.92 Å². The number of anilines is 1. The molecule has 5 heteroatoms. The summed E-state index contributed by atoms with van der Waals surface area (Å²) in [5, 5.41) is 9.69. The Morgan fingerprint density at radius 3 is 2.60 bits per heavy atom. The van der Waals surface area contributed by atoms with Gasteiger partial charge in [-0.2, -0.15) is 5.26 Å². The van der Waals surface area contributed by atoms with Gasteiger partial charge < -0.3 is 14.6 Å². The van der Waals surface area contributed by atoms with E-state index in [1.54, 1.807) is 0 Å². The number of nitrogens with one attached hydrogen (secondary N) is 1. The molecule has 2 heterocycles. The van der Waals surface area contributed by atoms with Crippen molar-refractivity contribution in [2.45, 2.75) is 27.2 Å². The fourth-order valence-corrected chi connectivity index (χ4v) is 3.46. The molecule has 0 atom stereocenters. The number of rotatable bonds is 3. The molecule has 2 aromatic rings. The van der Waals surface area contributed by atoms with Crippen LogP contribution in [0.5, 0.6) is 0 Å². The second-order valence-corrected chi connectivity index (χ2v) is 6.42. The number of aryl methyl sites for hydroxylation is 3. The van der Waals surface area contributed by atoms with Crippen LogP contribution in [0.3, 0.4) is 0 Å². The van der Waals surface area contributed by atoms with Crippen molar-refractivity contribution in [3.05, 3.63) is 50.9 Å². The van der Waals surface area contributed by atoms with Gasteiger partial charge in [0.05, 0.1) is 24.5 Å². The van der Waals surface area contributed by atoms with Gasteiger partial charge >= 0.3 is 0 Å². The number of morpholine rings is 1. The molecule has 25 heavy (non-hydrogen) atoms. The van der Waals surface area contributed by atoms with Crippen LogP contribution < -0.4 is 10.5 Å². The summed E-state index contributed by atoms with van der Waals surface area (Å²) in [4.78, 5) is 17.1. The maximum Gasteiger partial charge on any atom is 0.251 e. The minimum atomic E-state index is -0.0362. The van der Waals surface area contributed by atoms with Gasteiger partial charge in [0, 0.05) is 29.9 Å². The van der Waals surface area contributed by atoms with E-state index in [1.165, 1.54) is 0 Å². The highest BCUT2D eigenvalue weighted by atomic mass is 16.5. The van der Waals surface area contributed by atoms with E-state index >= 15 is 0 Å². The fraction of sp³-hybridized carbons (Fsp3) is 0.400. The van der Waals surface area contributed by atoms with Crippen LogP contribution in [0.2, 0.25) is 0 Å². The maximum atomic E-state index is 12.0. The molecule has 0 spiro atoms. The van der Waals surface area contributed by atoms with Gasteiger partial charge in [-0.3, -0.25) is 4.79 Å². The van der Waals surface area contributed by atoms with E-state index in [1.807, 2.05) is 32.9 Å². The zero-order valence-electron chi connectivity index (χ0n) is 15.0. The second kappa shape index (κ2) is 7.12. The quantitative estimate of drug-likeness (QED) is 0.935. The van der Waals surface area contributed by atoms with Crippen LogP contribution in [-0.2, 0) is 11.2 Å². The monoisotopic (exact) mass is 337 g/mol. The molecular weight excluding hydrogens is 314 g/mol. The van der Waals surface area contributed by atoms with Gasteiger partial charge in [-0.15, -0.1) is 0 Å². The number of aromatic amines is 1. The van der Waals surface area contributed by atoms with Crippen LogP contribution in [0.25, 0.3) is 11.1 Å². The fourth-order valence-electron chi connectivity index (χ4n) is 3.46. The first-order valence-electron chi connectivity index (χ1n) is 8.65. The summed E-state index contributed by atoms with van der Waals surface area (Å²) in [6, 6.07) is 8.32. The number of nitriles is 1. The zero-order chi connectivity index (χ0) is 18.0. The highest BCUT2D eigenvalue weighted by molar-refractivity contribution is 5.75. The molecule has 0 bridgehead atoms. The van der Waals surface area contributed by atoms with Crippen LogP contribution in [0, 0.1) is 25.2 Å². The van der Waals surface area contributed by atoms with E-state index in [0.29, 0.717) is 25.2 Å². The molecule has 1 fully saturated rings. The van der Waals surface area contributed by atoms with E-state index in [9.17, 15) is 10.1 Å². The Kier molecular flexibility index (Phi) is 4.91. The molecule has 1 saturated heterocycles. The van der Waals surface area contributed by atoms with Crippen molar-refractivity contribution in [2.75, 3.05) is 31.2 Å². The summed E-state index contributed by atoms with van der Waals surface area (Å²) in [6.07, 6.45) is 0.679. The second-order valence-electron chi connectivity index (χ2n) is 6.42. The topological polar surface area (TPSA) is 69.1 Å². The van der Waals surface area contributed by atoms with E-state index in [4.69, 9.17) is 4.74 Å². The van der Waals surface area contributed by atoms with Crippen LogP contribution in [0.4, 0.5) is 5.69 Å². The smallest absolute Gasteiger partial charge is 0.251 e. The summed E-state index contributed by atoms with van der Waals surface area (Å²) in [7, 11) is 0. The number of H-pyrrole nitrogens is 1. The lowest BCUT2D eigenvalue weighted by atomic mass is 9.96. The van der Waals surface area contributed by atoms with Crippen LogP contribution in [0.1, 0.15) is 29.3 Å². The molecule has 1 aromatic heterocycles. The van der Waals surface area contributed by atoms with Gasteiger partial charge in [0.2, 0.25) is 0 Å². The van der Waals surface area contributed by atoms with Crippen molar-refractivity contribution in [1.82, 2.24) is 4.98 Å². The third kappa shape index (κ3) is 3.31. The molecular formula is C20H23N3O2. The average molecular weight is 337 g/mol. The zero-order valence-corrected chi connectivity index (χ0v) is 15.0. The van der Waals surface area contributed by atoms with E-state index in [-0.39, 0.29) is 5.56 Å². The van der Waals surface area contributed by atoms with Gasteiger partial charge in [0.1, 0.15) is 6.07 Å². The van der Waals surface area contributed by atoms with E-state index < -0.39 is 0 Å². The molecule has 130 valence electrons. The van der Waals surface area contributed by atoms with Gasteiger partial charge in [0.15, 0.2) is 0 Å². The van der Waals surface area contributed by atoms with E-state index in [2.05, 4.69) is 22.0 Å². The molecule has 0 unspecified atom stereocenters. The number of ether oxygens (including phenoxy) is 1. The van der Waals surface area contributed by atoms with Crippen LogP contribution in [-0.4, -0.2) is 31.3 Å². The molecule has 5 nitrogen and oxygen atoms in total. The molecule has 1 aliphatic heterocycles. The standard InChI is InChI=1S/C20H23N3O2/c1-4-15-11-18(14(3)22-20(15)24)16-9-13(2)19(17(10-16)12-21)23-5-7-25-8-6-23/h9-11H,4-8H2,1-3H3,(H,22,24). The van der Waals surface area contributed by atoms with Crippen molar-refractivity contribution < 1.29 is 4.74 Å². The summed E-state index contributed by atoms with van der Waals surface area (Å²) < 4.78 is 5.42. The Bertz CT molecular complexity index is 887. The molecule has 0 saturated carbocycles. The number of benzene rings is 1. The van der Waals surface area contributed by atoms with Crippen LogP contribution in [0.15, 0.2) is 23.0 Å². The number of pyridine rings is 1. The Hall–Kier alpha value is -2.58. The Morgan fingerprint density at radius 1 is 1.24 bits per heavy atom. The van der Waals surface area contributed by atoms with Crippen molar-refractivity contribution >= 4 is 5.69 Å². The molecule has 3 rings (SSSR count). The number of hydrogen-bond acceptors (Lipinski definition) is 4. The highest BCUT2D eigenvalue weighted by Gasteiger charge is 2.19. The van der Waals surface area contributed by atoms with Gasteiger partial charge in [0.25, 0.3) is 5.56 Å². The van der Waals surface area contributed by atoms with E-state index in [0.717, 1.165) is 46.7 Å². The van der Waals surface area contributed by atoms with Crippen molar-refractivity contribution in [3.63, 3.8) is 0 Å². The average Bonchev–Trinajstić information content (AvgIpc) is 2.61. The summed E-state index contributed by atoms with van der Waals surface area (Å²) >= 11 is 0. The molecule has 1 aromatic carbocycles. The first-order valence-corrected chi connectivity index (χ1v) is 8.65. The molecule has 1 N–H and O–H groups in total. The lowest BCUT2D eigenvalue weighted by Gasteiger charge is -2.31. The predicted molar refractivity (Wildman–Crippen MR) is 99.1 cm³/mol. The summed E-state index contributed by atoms with van der Waals surface area (Å²) in [5.74, 6) is 0. The van der Waals surface area contributed by atoms with Crippen molar-refractivity contribution in [3.8, 4) is 17.2 Å². The molecule has 1 aliphatic rings. The molecule has 0 amide bonds. The number of aromatic nitrogens is 1. The first kappa shape index (κ1) is 17.2. The lowest BCUT2D eigenvalue weighted by molar-refractivity contribution is 0.122. The first-order chi connectivity index (χ1) is 12.0. The third-order valence-electron chi connectivity index (χ3n) is 4.76.